The van der Waals surface area contributed by atoms with Gasteiger partial charge in [-0.05, 0) is 0 Å². The minimum absolute atomic E-state index is 0.183. The summed E-state index contributed by atoms with van der Waals surface area (Å²) in [7, 11) is 0. The first-order valence-electron chi connectivity index (χ1n) is 6.92. The number of aliphatic hydroxyl groups is 2. The predicted octanol–water partition coefficient (Wildman–Crippen LogP) is -0.404. The Kier molecular flexibility index (Phi) is 4.13. The van der Waals surface area contributed by atoms with E-state index in [1.54, 1.807) is 0 Å². The number of halogens is 3. The van der Waals surface area contributed by atoms with E-state index in [9.17, 15) is 23.8 Å². The summed E-state index contributed by atoms with van der Waals surface area (Å²) in [5.74, 6) is -0.286. The molecule has 0 radical (unpaired) electrons. The molecule has 0 spiro atoms. The number of H-pyrrole nitrogens is 1. The number of hydrogen-bond acceptors (Lipinski definition) is 7. The maximum atomic E-state index is 15.3. The van der Waals surface area contributed by atoms with Crippen molar-refractivity contribution in [2.45, 2.75) is 24.1 Å². The molecular weight excluding hydrogens is 347 g/mol. The molecule has 3 heterocycles. The number of alkyl halides is 1. The van der Waals surface area contributed by atoms with Gasteiger partial charge in [0.2, 0.25) is 11.6 Å². The van der Waals surface area contributed by atoms with E-state index in [0.717, 1.165) is 10.9 Å². The average Bonchev–Trinajstić information content (AvgIpc) is 3.06. The second-order valence-electron chi connectivity index (χ2n) is 5.31. The van der Waals surface area contributed by atoms with Crippen molar-refractivity contribution < 1.29 is 28.1 Å². The highest BCUT2D eigenvalue weighted by molar-refractivity contribution is 5.70. The number of ether oxygens (including phenoxy) is 1. The normalized spacial score (nSPS) is 28.9. The molecule has 3 rings (SSSR count). The zero-order valence-corrected chi connectivity index (χ0v) is 12.4. The summed E-state index contributed by atoms with van der Waals surface area (Å²) in [6, 6.07) is 0. The molecule has 2 aromatic rings. The van der Waals surface area contributed by atoms with E-state index in [1.807, 2.05) is 0 Å². The Morgan fingerprint density at radius 1 is 1.60 bits per heavy atom. The van der Waals surface area contributed by atoms with E-state index < -0.39 is 42.4 Å². The molecule has 9 nitrogen and oxygen atoms in total. The van der Waals surface area contributed by atoms with Gasteiger partial charge in [-0.3, -0.25) is 14.3 Å². The minimum Gasteiger partial charge on any atom is -0.394 e. The zero-order chi connectivity index (χ0) is 18.4. The molecule has 1 saturated heterocycles. The van der Waals surface area contributed by atoms with Gasteiger partial charge in [-0.1, -0.05) is 5.73 Å². The van der Waals surface area contributed by atoms with Crippen molar-refractivity contribution in [3.8, 4) is 0 Å². The van der Waals surface area contributed by atoms with Crippen LogP contribution in [0.5, 0.6) is 0 Å². The Morgan fingerprint density at radius 3 is 2.96 bits per heavy atom. The average molecular weight is 359 g/mol. The quantitative estimate of drug-likeness (QED) is 0.547. The van der Waals surface area contributed by atoms with E-state index in [1.165, 1.54) is 5.73 Å². The van der Waals surface area contributed by atoms with E-state index in [2.05, 4.69) is 15.0 Å². The smallest absolute Gasteiger partial charge is 0.312 e. The molecule has 5 N–H and O–H groups in total. The van der Waals surface area contributed by atoms with Crippen molar-refractivity contribution >= 4 is 17.1 Å². The van der Waals surface area contributed by atoms with Crippen LogP contribution in [0.4, 0.5) is 19.1 Å². The van der Waals surface area contributed by atoms with Crippen LogP contribution in [0.2, 0.25) is 0 Å². The molecule has 0 aromatic carbocycles. The number of aliphatic hydroxyl groups excluding tert-OH is 2. The van der Waals surface area contributed by atoms with Crippen LogP contribution in [0.1, 0.15) is 6.23 Å². The third kappa shape index (κ3) is 2.70. The van der Waals surface area contributed by atoms with Gasteiger partial charge in [0.25, 0.3) is 5.56 Å². The van der Waals surface area contributed by atoms with Crippen molar-refractivity contribution in [2.24, 2.45) is 0 Å². The molecule has 1 aliphatic heterocycles. The molecule has 0 saturated carbocycles. The summed E-state index contributed by atoms with van der Waals surface area (Å²) in [5.41, 5.74) is 2.85. The van der Waals surface area contributed by atoms with Crippen LogP contribution >= 0.6 is 0 Å². The summed E-state index contributed by atoms with van der Waals surface area (Å²) in [5, 5.41) is 19.2. The van der Waals surface area contributed by atoms with Crippen LogP contribution in [-0.2, 0) is 4.74 Å². The first-order chi connectivity index (χ1) is 11.8. The van der Waals surface area contributed by atoms with Crippen LogP contribution in [-0.4, -0.2) is 54.2 Å². The third-order valence-electron chi connectivity index (χ3n) is 3.77. The van der Waals surface area contributed by atoms with Gasteiger partial charge in [-0.2, -0.15) is 13.8 Å². The molecule has 2 aromatic heterocycles. The lowest BCUT2D eigenvalue weighted by Crippen LogP contribution is -2.41. The maximum Gasteiger partial charge on any atom is 0.312 e. The fourth-order valence-corrected chi connectivity index (χ4v) is 2.63. The lowest BCUT2D eigenvalue weighted by molar-refractivity contribution is -0.0515. The molecule has 12 heteroatoms. The van der Waals surface area contributed by atoms with E-state index >= 15 is 4.39 Å². The number of aromatic nitrogens is 4. The van der Waals surface area contributed by atoms with Gasteiger partial charge in [-0.25, -0.2) is 9.37 Å². The first kappa shape index (κ1) is 17.2. The van der Waals surface area contributed by atoms with Crippen molar-refractivity contribution in [2.75, 3.05) is 12.3 Å². The van der Waals surface area contributed by atoms with Gasteiger partial charge >= 0.3 is 6.08 Å². The number of rotatable bonds is 3. The number of nitrogens with two attached hydrogens (primary N) is 1. The number of nitrogens with zero attached hydrogens (tertiary/aromatic N) is 3. The van der Waals surface area contributed by atoms with Gasteiger partial charge in [-0.15, -0.1) is 0 Å². The lowest BCUT2D eigenvalue weighted by Gasteiger charge is -2.25. The summed E-state index contributed by atoms with van der Waals surface area (Å²) in [6.45, 7) is -0.776. The number of fused-ring (bicyclic) bond motifs is 1. The number of nitrogens with one attached hydrogen (secondary N) is 1. The molecule has 0 unspecified atom stereocenters. The summed E-state index contributed by atoms with van der Waals surface area (Å²) in [4.78, 5) is 21.6. The van der Waals surface area contributed by atoms with Gasteiger partial charge in [0.1, 0.15) is 12.2 Å². The fourth-order valence-electron chi connectivity index (χ4n) is 2.63. The van der Waals surface area contributed by atoms with Gasteiger partial charge in [0.15, 0.2) is 17.4 Å². The van der Waals surface area contributed by atoms with Crippen LogP contribution in [0.3, 0.4) is 0 Å². The Morgan fingerprint density at radius 2 is 2.32 bits per heavy atom. The van der Waals surface area contributed by atoms with E-state index in [4.69, 9.17) is 10.5 Å². The number of hydrogen-bond donors (Lipinski definition) is 4. The number of anilines is 1. The highest BCUT2D eigenvalue weighted by Crippen LogP contribution is 2.43. The molecule has 0 aliphatic carbocycles. The monoisotopic (exact) mass is 359 g/mol. The van der Waals surface area contributed by atoms with E-state index in [-0.39, 0.29) is 17.1 Å². The topological polar surface area (TPSA) is 139 Å². The maximum absolute atomic E-state index is 15.3. The van der Waals surface area contributed by atoms with Gasteiger partial charge < -0.3 is 20.7 Å². The SMILES string of the molecule is Nc1nc2c(ncn2[C@@H]2O[C@H](CO)[C@@H](O)[C@]2(F)C=C=C(F)F)c(=O)[nH]1. The highest BCUT2D eigenvalue weighted by Gasteiger charge is 2.57. The van der Waals surface area contributed by atoms with Crippen molar-refractivity contribution in [3.05, 3.63) is 34.6 Å². The summed E-state index contributed by atoms with van der Waals surface area (Å²) >= 11 is 0. The van der Waals surface area contributed by atoms with E-state index in [0.29, 0.717) is 6.08 Å². The second kappa shape index (κ2) is 6.01. The molecule has 25 heavy (non-hydrogen) atoms. The summed E-state index contributed by atoms with van der Waals surface area (Å²) < 4.78 is 46.1. The largest absolute Gasteiger partial charge is 0.394 e. The van der Waals surface area contributed by atoms with Crippen LogP contribution in [0.25, 0.3) is 11.2 Å². The Labute approximate surface area is 136 Å². The fraction of sp³-hybridized carbons (Fsp3) is 0.385. The Balaban J connectivity index is 2.20. The molecule has 0 bridgehead atoms. The Hall–Kier alpha value is -2.66. The number of imidazole rings is 1. The van der Waals surface area contributed by atoms with Gasteiger partial charge in [0.05, 0.1) is 12.9 Å². The molecule has 1 fully saturated rings. The molecule has 134 valence electrons. The second-order valence-corrected chi connectivity index (χ2v) is 5.31. The predicted molar refractivity (Wildman–Crippen MR) is 77.2 cm³/mol. The van der Waals surface area contributed by atoms with Crippen LogP contribution in [0.15, 0.2) is 29.0 Å². The van der Waals surface area contributed by atoms with Crippen LogP contribution in [0, 0.1) is 0 Å². The Bertz CT molecular complexity index is 933. The van der Waals surface area contributed by atoms with Gasteiger partial charge in [0, 0.05) is 6.08 Å². The van der Waals surface area contributed by atoms with Crippen molar-refractivity contribution in [1.82, 2.24) is 19.5 Å². The molecule has 4 atom stereocenters. The summed E-state index contributed by atoms with van der Waals surface area (Å²) in [6.07, 6.45) is -6.16. The number of aromatic amines is 1. The lowest BCUT2D eigenvalue weighted by atomic mass is 9.96. The molecule has 1 aliphatic rings. The molecular formula is C13H12F3N5O4. The third-order valence-corrected chi connectivity index (χ3v) is 3.77. The van der Waals surface area contributed by atoms with Crippen LogP contribution < -0.4 is 11.3 Å². The minimum atomic E-state index is -2.90. The molecule has 0 amide bonds. The van der Waals surface area contributed by atoms with Crippen molar-refractivity contribution in [1.29, 1.82) is 0 Å². The number of nitrogen functional groups attached to an aromatic ring is 1. The van der Waals surface area contributed by atoms with Crippen molar-refractivity contribution in [3.63, 3.8) is 0 Å². The standard InChI is InChI=1S/C13H12F3N5O4/c14-6(15)1-2-13(16)8(23)5(3-22)25-11(13)21-4-18-7-9(21)19-12(17)20-10(7)24/h2,4-5,8,11,22-23H,3H2,(H3,17,19,20,24)/t5-,8-,11-,13-/m1/s1. The highest BCUT2D eigenvalue weighted by atomic mass is 19.3. The zero-order valence-electron chi connectivity index (χ0n) is 12.4. The first-order valence-corrected chi connectivity index (χ1v) is 6.92.